The molecule has 1 heterocycles. The van der Waals surface area contributed by atoms with Gasteiger partial charge in [-0.1, -0.05) is 12.1 Å². The summed E-state index contributed by atoms with van der Waals surface area (Å²) in [4.78, 5) is 11.2. The molecule has 0 fully saturated rings. The van der Waals surface area contributed by atoms with Crippen LogP contribution in [0.1, 0.15) is 27.2 Å². The van der Waals surface area contributed by atoms with Crippen LogP contribution in [0.15, 0.2) is 39.8 Å². The van der Waals surface area contributed by atoms with E-state index in [2.05, 4.69) is 0 Å². The Balaban J connectivity index is 2.44. The predicted molar refractivity (Wildman–Crippen MR) is 72.5 cm³/mol. The van der Waals surface area contributed by atoms with Crippen molar-refractivity contribution < 1.29 is 22.7 Å². The van der Waals surface area contributed by atoms with E-state index in [0.717, 1.165) is 5.56 Å². The molecule has 106 valence electrons. The van der Waals surface area contributed by atoms with Crippen LogP contribution in [0.25, 0.3) is 0 Å². The SMILES string of the molecule is Cc1ccc(C)c(S(=O)(=O)Cc2occc2C(=O)O)c1. The third-order valence-electron chi connectivity index (χ3n) is 2.98. The second-order valence-corrected chi connectivity index (χ2v) is 6.55. The molecule has 1 N–H and O–H groups in total. The Labute approximate surface area is 116 Å². The highest BCUT2D eigenvalue weighted by atomic mass is 32.2. The van der Waals surface area contributed by atoms with E-state index in [1.807, 2.05) is 6.07 Å². The molecule has 0 unspecified atom stereocenters. The fourth-order valence-corrected chi connectivity index (χ4v) is 3.58. The zero-order valence-electron chi connectivity index (χ0n) is 11.1. The second kappa shape index (κ2) is 5.13. The van der Waals surface area contributed by atoms with Crippen molar-refractivity contribution in [3.8, 4) is 0 Å². The summed E-state index contributed by atoms with van der Waals surface area (Å²) < 4.78 is 29.8. The van der Waals surface area contributed by atoms with E-state index in [4.69, 9.17) is 9.52 Å². The third-order valence-corrected chi connectivity index (χ3v) is 4.73. The number of furan rings is 1. The molecule has 1 aromatic carbocycles. The molecule has 0 bridgehead atoms. The lowest BCUT2D eigenvalue weighted by Gasteiger charge is -2.08. The molecule has 6 heteroatoms. The number of aromatic carboxylic acids is 1. The summed E-state index contributed by atoms with van der Waals surface area (Å²) >= 11 is 0. The Morgan fingerprint density at radius 3 is 2.60 bits per heavy atom. The van der Waals surface area contributed by atoms with Crippen molar-refractivity contribution >= 4 is 15.8 Å². The van der Waals surface area contributed by atoms with E-state index in [-0.39, 0.29) is 16.2 Å². The van der Waals surface area contributed by atoms with Crippen LogP contribution in [0.3, 0.4) is 0 Å². The normalized spacial score (nSPS) is 11.5. The number of aryl methyl sites for hydroxylation is 2. The van der Waals surface area contributed by atoms with Crippen LogP contribution in [0, 0.1) is 13.8 Å². The monoisotopic (exact) mass is 294 g/mol. The van der Waals surface area contributed by atoms with Crippen molar-refractivity contribution in [2.45, 2.75) is 24.5 Å². The van der Waals surface area contributed by atoms with Gasteiger partial charge in [0.2, 0.25) is 0 Å². The quantitative estimate of drug-likeness (QED) is 0.936. The number of sulfone groups is 1. The van der Waals surface area contributed by atoms with E-state index in [1.165, 1.54) is 12.3 Å². The molecule has 2 aromatic rings. The lowest BCUT2D eigenvalue weighted by molar-refractivity contribution is 0.0695. The Bertz CT molecular complexity index is 756. The zero-order valence-corrected chi connectivity index (χ0v) is 11.9. The van der Waals surface area contributed by atoms with Crippen molar-refractivity contribution in [1.82, 2.24) is 0 Å². The van der Waals surface area contributed by atoms with Crippen LogP contribution in [0.4, 0.5) is 0 Å². The minimum absolute atomic E-state index is 0.0570. The van der Waals surface area contributed by atoms with Gasteiger partial charge in [-0.15, -0.1) is 0 Å². The van der Waals surface area contributed by atoms with Crippen molar-refractivity contribution in [3.63, 3.8) is 0 Å². The molecule has 0 aliphatic heterocycles. The van der Waals surface area contributed by atoms with E-state index in [1.54, 1.807) is 26.0 Å². The number of carbonyl (C=O) groups is 1. The molecule has 0 aliphatic rings. The molecule has 0 atom stereocenters. The average molecular weight is 294 g/mol. The standard InChI is InChI=1S/C14H14O5S/c1-9-3-4-10(2)13(7-9)20(17,18)8-12-11(14(15)16)5-6-19-12/h3-7H,8H2,1-2H3,(H,15,16). The third kappa shape index (κ3) is 2.75. The van der Waals surface area contributed by atoms with Gasteiger partial charge in [-0.3, -0.25) is 0 Å². The van der Waals surface area contributed by atoms with Gasteiger partial charge in [0.1, 0.15) is 17.1 Å². The predicted octanol–water partition coefficient (Wildman–Crippen LogP) is 2.57. The highest BCUT2D eigenvalue weighted by Crippen LogP contribution is 2.23. The Hall–Kier alpha value is -2.08. The maximum Gasteiger partial charge on any atom is 0.339 e. The van der Waals surface area contributed by atoms with Gasteiger partial charge in [-0.25, -0.2) is 13.2 Å². The molecular formula is C14H14O5S. The molecule has 1 aromatic heterocycles. The highest BCUT2D eigenvalue weighted by Gasteiger charge is 2.23. The number of carboxylic acids is 1. The van der Waals surface area contributed by atoms with Crippen molar-refractivity contribution in [2.75, 3.05) is 0 Å². The molecule has 0 amide bonds. The van der Waals surface area contributed by atoms with Gasteiger partial charge < -0.3 is 9.52 Å². The first-order chi connectivity index (χ1) is 9.31. The van der Waals surface area contributed by atoms with Crippen LogP contribution in [-0.4, -0.2) is 19.5 Å². The summed E-state index contributed by atoms with van der Waals surface area (Å²) in [6.07, 6.45) is 1.18. The Morgan fingerprint density at radius 2 is 1.95 bits per heavy atom. The molecular weight excluding hydrogens is 280 g/mol. The summed E-state index contributed by atoms with van der Waals surface area (Å²) in [5.74, 6) is -1.73. The lowest BCUT2D eigenvalue weighted by atomic mass is 10.2. The van der Waals surface area contributed by atoms with Crippen molar-refractivity contribution in [1.29, 1.82) is 0 Å². The molecule has 5 nitrogen and oxygen atoms in total. The van der Waals surface area contributed by atoms with Gasteiger partial charge in [0.25, 0.3) is 0 Å². The topological polar surface area (TPSA) is 84.6 Å². The van der Waals surface area contributed by atoms with E-state index in [0.29, 0.717) is 5.56 Å². The van der Waals surface area contributed by atoms with Crippen molar-refractivity contribution in [2.24, 2.45) is 0 Å². The number of hydrogen-bond acceptors (Lipinski definition) is 4. The second-order valence-electron chi connectivity index (χ2n) is 4.59. The van der Waals surface area contributed by atoms with Gasteiger partial charge in [0, 0.05) is 0 Å². The zero-order chi connectivity index (χ0) is 14.9. The molecule has 0 saturated carbocycles. The molecule has 2 rings (SSSR count). The van der Waals surface area contributed by atoms with Crippen LogP contribution < -0.4 is 0 Å². The summed E-state index contributed by atoms with van der Waals surface area (Å²) in [7, 11) is -3.65. The average Bonchev–Trinajstić information content (AvgIpc) is 2.79. The highest BCUT2D eigenvalue weighted by molar-refractivity contribution is 7.90. The van der Waals surface area contributed by atoms with Crippen LogP contribution in [0.5, 0.6) is 0 Å². The Morgan fingerprint density at radius 1 is 1.25 bits per heavy atom. The first kappa shape index (κ1) is 14.3. The van der Waals surface area contributed by atoms with Gasteiger partial charge >= 0.3 is 5.97 Å². The smallest absolute Gasteiger partial charge is 0.339 e. The van der Waals surface area contributed by atoms with E-state index >= 15 is 0 Å². The van der Waals surface area contributed by atoms with Gasteiger partial charge in [-0.05, 0) is 37.1 Å². The maximum absolute atomic E-state index is 12.4. The molecule has 20 heavy (non-hydrogen) atoms. The van der Waals surface area contributed by atoms with E-state index < -0.39 is 21.6 Å². The summed E-state index contributed by atoms with van der Waals surface area (Å²) in [6.45, 7) is 3.50. The van der Waals surface area contributed by atoms with Gasteiger partial charge in [0.05, 0.1) is 11.2 Å². The molecule has 0 saturated heterocycles. The maximum atomic E-state index is 12.4. The minimum atomic E-state index is -3.65. The summed E-state index contributed by atoms with van der Waals surface area (Å²) in [5.41, 5.74) is 1.32. The van der Waals surface area contributed by atoms with Gasteiger partial charge in [-0.2, -0.15) is 0 Å². The summed E-state index contributed by atoms with van der Waals surface area (Å²) in [6, 6.07) is 6.37. The van der Waals surface area contributed by atoms with Crippen LogP contribution >= 0.6 is 0 Å². The number of hydrogen-bond donors (Lipinski definition) is 1. The number of carboxylic acid groups (broad SMARTS) is 1. The lowest BCUT2D eigenvalue weighted by Crippen LogP contribution is -2.09. The molecule has 0 radical (unpaired) electrons. The minimum Gasteiger partial charge on any atom is -0.478 e. The number of benzene rings is 1. The van der Waals surface area contributed by atoms with Gasteiger partial charge in [0.15, 0.2) is 9.84 Å². The summed E-state index contributed by atoms with van der Waals surface area (Å²) in [5, 5.41) is 8.97. The van der Waals surface area contributed by atoms with Crippen molar-refractivity contribution in [3.05, 3.63) is 53.0 Å². The molecule has 0 aliphatic carbocycles. The first-order valence-corrected chi connectivity index (χ1v) is 7.56. The number of rotatable bonds is 4. The first-order valence-electron chi connectivity index (χ1n) is 5.91. The fraction of sp³-hybridized carbons (Fsp3) is 0.214. The fourth-order valence-electron chi connectivity index (χ4n) is 1.94. The van der Waals surface area contributed by atoms with E-state index in [9.17, 15) is 13.2 Å². The Kier molecular flexibility index (Phi) is 3.67. The largest absolute Gasteiger partial charge is 0.478 e. The molecule has 0 spiro atoms. The van der Waals surface area contributed by atoms with Crippen LogP contribution in [-0.2, 0) is 15.6 Å². The van der Waals surface area contributed by atoms with Crippen LogP contribution in [0.2, 0.25) is 0 Å².